The van der Waals surface area contributed by atoms with Crippen molar-refractivity contribution in [3.63, 3.8) is 0 Å². The molecule has 2 aromatic rings. The van der Waals surface area contributed by atoms with Crippen LogP contribution in [0.2, 0.25) is 0 Å². The van der Waals surface area contributed by atoms with Crippen molar-refractivity contribution in [1.82, 2.24) is 10.3 Å². The van der Waals surface area contributed by atoms with Crippen LogP contribution in [0.3, 0.4) is 0 Å². The minimum atomic E-state index is -1.50. The summed E-state index contributed by atoms with van der Waals surface area (Å²) < 4.78 is 32.2. The van der Waals surface area contributed by atoms with E-state index in [1.165, 1.54) is 26.3 Å². The quantitative estimate of drug-likeness (QED) is 0.154. The lowest BCUT2D eigenvalue weighted by Gasteiger charge is -2.29. The summed E-state index contributed by atoms with van der Waals surface area (Å²) in [5, 5.41) is 2.42. The molecule has 1 aromatic carbocycles. The number of esters is 3. The van der Waals surface area contributed by atoms with Crippen LogP contribution >= 0.6 is 11.6 Å². The van der Waals surface area contributed by atoms with Gasteiger partial charge in [0, 0.05) is 18.1 Å². The summed E-state index contributed by atoms with van der Waals surface area (Å²) >= 11 is 5.63. The number of cyclic esters (lactones) is 2. The van der Waals surface area contributed by atoms with Crippen LogP contribution in [0.4, 0.5) is 4.79 Å². The molecule has 1 fully saturated rings. The molecule has 14 heteroatoms. The zero-order chi connectivity index (χ0) is 32.9. The predicted octanol–water partition coefficient (Wildman–Crippen LogP) is 3.64. The van der Waals surface area contributed by atoms with Crippen molar-refractivity contribution in [2.24, 2.45) is 11.8 Å². The molecule has 0 radical (unpaired) electrons. The van der Waals surface area contributed by atoms with Crippen molar-refractivity contribution < 1.29 is 52.4 Å². The molecule has 45 heavy (non-hydrogen) atoms. The number of rotatable bonds is 12. The molecule has 4 unspecified atom stereocenters. The lowest BCUT2D eigenvalue weighted by molar-refractivity contribution is -0.176. The maximum absolute atomic E-state index is 13.4. The summed E-state index contributed by atoms with van der Waals surface area (Å²) in [4.78, 5) is 69.0. The number of methoxy groups -OCH3 is 1. The molecule has 0 saturated carbocycles. The average Bonchev–Trinajstić information content (AvgIpc) is 3.05. The Balaban J connectivity index is 1.84. The summed E-state index contributed by atoms with van der Waals surface area (Å²) in [6.45, 7) is 4.19. The summed E-state index contributed by atoms with van der Waals surface area (Å²) in [6, 6.07) is 8.88. The maximum Gasteiger partial charge on any atom is 0.514 e. The van der Waals surface area contributed by atoms with Crippen LogP contribution in [0.25, 0.3) is 0 Å². The van der Waals surface area contributed by atoms with Gasteiger partial charge in [-0.15, -0.1) is 11.6 Å². The van der Waals surface area contributed by atoms with Gasteiger partial charge < -0.3 is 33.7 Å². The van der Waals surface area contributed by atoms with Crippen molar-refractivity contribution in [1.29, 1.82) is 0 Å². The highest BCUT2D eigenvalue weighted by atomic mass is 35.5. The van der Waals surface area contributed by atoms with Gasteiger partial charge in [-0.2, -0.15) is 0 Å². The number of ether oxygens (including phenoxy) is 6. The highest BCUT2D eigenvalue weighted by Gasteiger charge is 2.42. The second-order valence-electron chi connectivity index (χ2n) is 10.4. The molecule has 1 aromatic heterocycles. The minimum absolute atomic E-state index is 0.0106. The van der Waals surface area contributed by atoms with Gasteiger partial charge in [0.1, 0.15) is 18.6 Å². The number of unbranched alkanes of at least 4 members (excludes halogenated alkanes) is 1. The topological polar surface area (TPSA) is 166 Å². The van der Waals surface area contributed by atoms with Gasteiger partial charge in [0.25, 0.3) is 5.91 Å². The minimum Gasteiger partial charge on any atom is -0.493 e. The van der Waals surface area contributed by atoms with Crippen molar-refractivity contribution in [3.8, 4) is 11.5 Å². The molecule has 1 N–H and O–H groups in total. The molecule has 13 nitrogen and oxygen atoms in total. The van der Waals surface area contributed by atoms with Gasteiger partial charge >= 0.3 is 24.1 Å². The first kappa shape index (κ1) is 35.1. The number of carbonyl (C=O) groups excluding carboxylic acids is 5. The lowest BCUT2D eigenvalue weighted by Crippen LogP contribution is -2.47. The average molecular weight is 649 g/mol. The first-order valence-corrected chi connectivity index (χ1v) is 14.9. The number of alkyl halides is 1. The Morgan fingerprint density at radius 3 is 2.49 bits per heavy atom. The van der Waals surface area contributed by atoms with Crippen LogP contribution < -0.4 is 14.8 Å². The Bertz CT molecular complexity index is 1340. The Morgan fingerprint density at radius 1 is 1.09 bits per heavy atom. The highest BCUT2D eigenvalue weighted by molar-refractivity contribution is 6.17. The number of amides is 1. The van der Waals surface area contributed by atoms with Crippen LogP contribution in [-0.4, -0.2) is 79.4 Å². The molecule has 1 aliphatic heterocycles. The van der Waals surface area contributed by atoms with Gasteiger partial charge in [0.2, 0.25) is 5.75 Å². The summed E-state index contributed by atoms with van der Waals surface area (Å²) in [5.74, 6) is -4.79. The van der Waals surface area contributed by atoms with Crippen molar-refractivity contribution in [3.05, 3.63) is 53.9 Å². The maximum atomic E-state index is 13.4. The monoisotopic (exact) mass is 648 g/mol. The molecule has 1 aliphatic rings. The third-order valence-electron chi connectivity index (χ3n) is 6.70. The molecule has 3 rings (SSSR count). The van der Waals surface area contributed by atoms with Gasteiger partial charge in [-0.1, -0.05) is 44.2 Å². The fourth-order valence-electron chi connectivity index (χ4n) is 4.29. The number of carbonyl (C=O) groups is 5. The number of pyridine rings is 1. The van der Waals surface area contributed by atoms with E-state index in [0.717, 1.165) is 5.56 Å². The van der Waals surface area contributed by atoms with E-state index in [1.807, 2.05) is 6.07 Å². The molecular weight excluding hydrogens is 612 g/mol. The van der Waals surface area contributed by atoms with Crippen molar-refractivity contribution in [2.75, 3.05) is 26.2 Å². The summed E-state index contributed by atoms with van der Waals surface area (Å²) in [6.07, 6.45) is -0.902. The third kappa shape index (κ3) is 10.1. The third-order valence-corrected chi connectivity index (χ3v) is 6.97. The molecule has 0 aliphatic carbocycles. The largest absolute Gasteiger partial charge is 0.514 e. The normalized spacial score (nSPS) is 20.0. The molecule has 0 bridgehead atoms. The van der Waals surface area contributed by atoms with Crippen molar-refractivity contribution in [2.45, 2.75) is 58.3 Å². The molecule has 0 spiro atoms. The standard InChI is InChI=1S/C31H37ClN2O11/c1-18(2)28(36)44-25-19(3)43-30(38)22(17-42-29(37)21(25)16-20-10-6-5-7-11-20)34-27(35)24-26(23(40-4)12-14-33-24)45-31(39)41-15-9-8-13-32/h5-7,10-12,14,18-19,21-22,25H,8-9,13,15-17H2,1-4H3,(H,34,35). The number of aromatic nitrogens is 1. The van der Waals surface area contributed by atoms with Crippen LogP contribution in [-0.2, 0) is 39.8 Å². The fraction of sp³-hybridized carbons (Fsp3) is 0.484. The molecular formula is C31H37ClN2O11. The van der Waals surface area contributed by atoms with Crippen LogP contribution in [0, 0.1) is 11.8 Å². The van der Waals surface area contributed by atoms with E-state index in [-0.39, 0.29) is 24.5 Å². The SMILES string of the molecule is COc1ccnc(C(=O)NC2COC(=O)C(Cc3ccccc3)C(OC(=O)C(C)C)C(C)OC2=O)c1OC(=O)OCCCCCl. The zero-order valence-corrected chi connectivity index (χ0v) is 26.2. The Hall–Kier alpha value is -4.39. The van der Waals surface area contributed by atoms with Gasteiger partial charge in [-0.3, -0.25) is 14.4 Å². The lowest BCUT2D eigenvalue weighted by atomic mass is 9.91. The smallest absolute Gasteiger partial charge is 0.493 e. The van der Waals surface area contributed by atoms with E-state index in [0.29, 0.717) is 18.7 Å². The van der Waals surface area contributed by atoms with Gasteiger partial charge in [0.05, 0.1) is 19.6 Å². The number of halogens is 1. The van der Waals surface area contributed by atoms with Gasteiger partial charge in [-0.05, 0) is 31.7 Å². The summed E-state index contributed by atoms with van der Waals surface area (Å²) in [5.41, 5.74) is 0.353. The fourth-order valence-corrected chi connectivity index (χ4v) is 4.48. The Kier molecular flexibility index (Phi) is 13.4. The highest BCUT2D eigenvalue weighted by Crippen LogP contribution is 2.30. The van der Waals surface area contributed by atoms with Gasteiger partial charge in [-0.25, -0.2) is 14.6 Å². The van der Waals surface area contributed by atoms with E-state index in [9.17, 15) is 24.0 Å². The first-order valence-electron chi connectivity index (χ1n) is 14.4. The van der Waals surface area contributed by atoms with E-state index < -0.39 is 72.4 Å². The van der Waals surface area contributed by atoms with E-state index in [2.05, 4.69) is 10.3 Å². The molecule has 2 heterocycles. The Morgan fingerprint density at radius 2 is 1.82 bits per heavy atom. The van der Waals surface area contributed by atoms with Crippen molar-refractivity contribution >= 4 is 41.6 Å². The molecule has 1 amide bonds. The molecule has 1 saturated heterocycles. The van der Waals surface area contributed by atoms with E-state index >= 15 is 0 Å². The van der Waals surface area contributed by atoms with Crippen LogP contribution in [0.15, 0.2) is 42.6 Å². The number of hydrogen-bond acceptors (Lipinski definition) is 12. The number of hydrogen-bond donors (Lipinski definition) is 1. The second-order valence-corrected chi connectivity index (χ2v) is 10.8. The van der Waals surface area contributed by atoms with E-state index in [4.69, 9.17) is 40.0 Å². The molecule has 4 atom stereocenters. The summed E-state index contributed by atoms with van der Waals surface area (Å²) in [7, 11) is 1.29. The Labute approximate surface area is 265 Å². The molecule has 244 valence electrons. The number of nitrogens with zero attached hydrogens (tertiary/aromatic N) is 1. The second kappa shape index (κ2) is 17.2. The number of benzene rings is 1. The number of nitrogens with one attached hydrogen (secondary N) is 1. The van der Waals surface area contributed by atoms with Crippen LogP contribution in [0.5, 0.6) is 11.5 Å². The van der Waals surface area contributed by atoms with E-state index in [1.54, 1.807) is 38.1 Å². The van der Waals surface area contributed by atoms with Gasteiger partial charge in [0.15, 0.2) is 23.6 Å². The first-order chi connectivity index (χ1) is 21.5. The predicted molar refractivity (Wildman–Crippen MR) is 159 cm³/mol. The zero-order valence-electron chi connectivity index (χ0n) is 25.5. The van der Waals surface area contributed by atoms with Crippen LogP contribution in [0.1, 0.15) is 49.7 Å².